The van der Waals surface area contributed by atoms with E-state index in [0.717, 1.165) is 26.3 Å². The predicted octanol–water partition coefficient (Wildman–Crippen LogP) is 2.70. The highest BCUT2D eigenvalue weighted by Crippen LogP contribution is 2.30. The molecule has 0 atom stereocenters. The second kappa shape index (κ2) is 4.78. The minimum Gasteiger partial charge on any atom is -0.323 e. The molecule has 1 aromatic carbocycles. The topological polar surface area (TPSA) is 52.7 Å². The molecule has 0 aliphatic heterocycles. The van der Waals surface area contributed by atoms with Crippen molar-refractivity contribution in [3.05, 3.63) is 57.5 Å². The van der Waals surface area contributed by atoms with Crippen molar-refractivity contribution in [2.24, 2.45) is 7.05 Å². The molecule has 22 heavy (non-hydrogen) atoms. The molecule has 3 aromatic heterocycles. The average molecular weight is 310 g/mol. The van der Waals surface area contributed by atoms with Gasteiger partial charge in [-0.15, -0.1) is 11.3 Å². The number of thiazole rings is 1. The van der Waals surface area contributed by atoms with E-state index >= 15 is 0 Å². The van der Waals surface area contributed by atoms with Gasteiger partial charge in [0.25, 0.3) is 5.56 Å². The van der Waals surface area contributed by atoms with Crippen molar-refractivity contribution in [1.29, 1.82) is 0 Å². The second-order valence-electron chi connectivity index (χ2n) is 5.30. The minimum atomic E-state index is -0.0771. The molecule has 110 valence electrons. The molecule has 0 saturated carbocycles. The van der Waals surface area contributed by atoms with E-state index in [4.69, 9.17) is 0 Å². The van der Waals surface area contributed by atoms with Gasteiger partial charge in [0.2, 0.25) is 0 Å². The molecular formula is C16H14N4OS. The summed E-state index contributed by atoms with van der Waals surface area (Å²) in [6.45, 7) is 2.45. The van der Waals surface area contributed by atoms with Gasteiger partial charge in [0, 0.05) is 12.4 Å². The Labute approximate surface area is 130 Å². The van der Waals surface area contributed by atoms with Gasteiger partial charge in [-0.05, 0) is 12.5 Å². The van der Waals surface area contributed by atoms with Crippen molar-refractivity contribution in [3.8, 4) is 0 Å². The van der Waals surface area contributed by atoms with Gasteiger partial charge >= 0.3 is 0 Å². The summed E-state index contributed by atoms with van der Waals surface area (Å²) in [4.78, 5) is 17.3. The van der Waals surface area contributed by atoms with Crippen LogP contribution in [0.3, 0.4) is 0 Å². The molecule has 0 aliphatic rings. The second-order valence-corrected chi connectivity index (χ2v) is 6.50. The number of aromatic nitrogens is 4. The number of fused-ring (bicyclic) bond motifs is 3. The van der Waals surface area contributed by atoms with Crippen molar-refractivity contribution in [3.63, 3.8) is 0 Å². The highest BCUT2D eigenvalue weighted by Gasteiger charge is 2.17. The molecule has 0 amide bonds. The van der Waals surface area contributed by atoms with Gasteiger partial charge in [-0.2, -0.15) is 5.10 Å². The number of hydrogen-bond donors (Lipinski definition) is 0. The first kappa shape index (κ1) is 13.2. The van der Waals surface area contributed by atoms with E-state index < -0.39 is 0 Å². The Balaban J connectivity index is 1.94. The lowest BCUT2D eigenvalue weighted by atomic mass is 10.2. The van der Waals surface area contributed by atoms with Crippen LogP contribution in [0.1, 0.15) is 10.6 Å². The van der Waals surface area contributed by atoms with Crippen LogP contribution in [0, 0.1) is 6.92 Å². The number of benzene rings is 1. The zero-order chi connectivity index (χ0) is 15.3. The molecule has 3 heterocycles. The van der Waals surface area contributed by atoms with Crippen LogP contribution in [-0.2, 0) is 13.6 Å². The van der Waals surface area contributed by atoms with E-state index in [2.05, 4.69) is 10.1 Å². The number of nitrogens with zero attached hydrogens (tertiary/aromatic N) is 4. The maximum Gasteiger partial charge on any atom is 0.291 e. The van der Waals surface area contributed by atoms with Gasteiger partial charge in [0.05, 0.1) is 22.4 Å². The monoisotopic (exact) mass is 310 g/mol. The van der Waals surface area contributed by atoms with Crippen molar-refractivity contribution < 1.29 is 0 Å². The summed E-state index contributed by atoms with van der Waals surface area (Å²) in [5, 5.41) is 6.23. The Bertz CT molecular complexity index is 1040. The average Bonchev–Trinajstić information content (AvgIpc) is 3.01. The molecule has 5 nitrogen and oxygen atoms in total. The van der Waals surface area contributed by atoms with Crippen LogP contribution in [0.15, 0.2) is 41.3 Å². The maximum atomic E-state index is 12.8. The van der Waals surface area contributed by atoms with E-state index in [1.54, 1.807) is 17.5 Å². The number of aryl methyl sites for hydroxylation is 2. The molecular weight excluding hydrogens is 296 g/mol. The normalized spacial score (nSPS) is 11.5. The SMILES string of the molecule is Cc1nc2c(s1)c1cnn(Cc3ccccc3)c(=O)c1n2C. The molecule has 4 aromatic rings. The van der Waals surface area contributed by atoms with Crippen molar-refractivity contribution in [1.82, 2.24) is 19.3 Å². The summed E-state index contributed by atoms with van der Waals surface area (Å²) in [5.74, 6) is 0. The van der Waals surface area contributed by atoms with Crippen molar-refractivity contribution in [2.45, 2.75) is 13.5 Å². The van der Waals surface area contributed by atoms with Crippen LogP contribution in [0.5, 0.6) is 0 Å². The fraction of sp³-hybridized carbons (Fsp3) is 0.188. The molecule has 0 unspecified atom stereocenters. The standard InChI is InChI=1S/C16H14N4OS/c1-10-18-15-14(22-10)12-8-17-20(16(21)13(12)19(15)2)9-11-6-4-3-5-7-11/h3-8H,9H2,1-2H3. The van der Waals surface area contributed by atoms with Gasteiger partial charge in [-0.25, -0.2) is 9.67 Å². The van der Waals surface area contributed by atoms with Crippen LogP contribution in [0.2, 0.25) is 0 Å². The highest BCUT2D eigenvalue weighted by molar-refractivity contribution is 7.19. The Morgan fingerprint density at radius 2 is 2.00 bits per heavy atom. The van der Waals surface area contributed by atoms with Gasteiger partial charge in [0.15, 0.2) is 5.65 Å². The number of rotatable bonds is 2. The minimum absolute atomic E-state index is 0.0771. The molecule has 0 aliphatic carbocycles. The van der Waals surface area contributed by atoms with E-state index in [9.17, 15) is 4.79 Å². The summed E-state index contributed by atoms with van der Waals surface area (Å²) in [7, 11) is 1.89. The van der Waals surface area contributed by atoms with E-state index in [-0.39, 0.29) is 5.56 Å². The fourth-order valence-corrected chi connectivity index (χ4v) is 3.72. The third-order valence-electron chi connectivity index (χ3n) is 3.81. The van der Waals surface area contributed by atoms with Crippen LogP contribution >= 0.6 is 11.3 Å². The van der Waals surface area contributed by atoms with E-state index in [1.807, 2.05) is 48.9 Å². The van der Waals surface area contributed by atoms with E-state index in [1.165, 1.54) is 4.68 Å². The summed E-state index contributed by atoms with van der Waals surface area (Å²) in [6, 6.07) is 9.87. The molecule has 4 rings (SSSR count). The van der Waals surface area contributed by atoms with Gasteiger partial charge in [-0.1, -0.05) is 30.3 Å². The van der Waals surface area contributed by atoms with E-state index in [0.29, 0.717) is 12.1 Å². The highest BCUT2D eigenvalue weighted by atomic mass is 32.1. The lowest BCUT2D eigenvalue weighted by Gasteiger charge is -2.05. The molecule has 0 radical (unpaired) electrons. The predicted molar refractivity (Wildman–Crippen MR) is 88.4 cm³/mol. The maximum absolute atomic E-state index is 12.8. The quantitative estimate of drug-likeness (QED) is 0.572. The largest absolute Gasteiger partial charge is 0.323 e. The summed E-state index contributed by atoms with van der Waals surface area (Å²) < 4.78 is 4.42. The molecule has 0 N–H and O–H groups in total. The Hall–Kier alpha value is -2.47. The van der Waals surface area contributed by atoms with Crippen LogP contribution in [-0.4, -0.2) is 19.3 Å². The lowest BCUT2D eigenvalue weighted by molar-refractivity contribution is 0.644. The lowest BCUT2D eigenvalue weighted by Crippen LogP contribution is -2.24. The van der Waals surface area contributed by atoms with Crippen LogP contribution < -0.4 is 5.56 Å². The van der Waals surface area contributed by atoms with Crippen molar-refractivity contribution in [2.75, 3.05) is 0 Å². The third-order valence-corrected chi connectivity index (χ3v) is 4.80. The fourth-order valence-electron chi connectivity index (χ4n) is 2.76. The Kier molecular flexibility index (Phi) is 2.87. The summed E-state index contributed by atoms with van der Waals surface area (Å²) >= 11 is 1.60. The first-order valence-electron chi connectivity index (χ1n) is 7.00. The third kappa shape index (κ3) is 1.88. The Morgan fingerprint density at radius 1 is 1.23 bits per heavy atom. The van der Waals surface area contributed by atoms with Crippen LogP contribution in [0.25, 0.3) is 21.3 Å². The molecule has 6 heteroatoms. The Morgan fingerprint density at radius 3 is 2.77 bits per heavy atom. The van der Waals surface area contributed by atoms with Gasteiger partial charge in [0.1, 0.15) is 5.52 Å². The first-order valence-corrected chi connectivity index (χ1v) is 7.82. The summed E-state index contributed by atoms with van der Waals surface area (Å²) in [5.41, 5.74) is 2.50. The zero-order valence-electron chi connectivity index (χ0n) is 12.3. The molecule has 0 fully saturated rings. The molecule has 0 saturated heterocycles. The smallest absolute Gasteiger partial charge is 0.291 e. The zero-order valence-corrected chi connectivity index (χ0v) is 13.1. The molecule has 0 spiro atoms. The van der Waals surface area contributed by atoms with Gasteiger partial charge in [-0.3, -0.25) is 4.79 Å². The van der Waals surface area contributed by atoms with Crippen LogP contribution in [0.4, 0.5) is 0 Å². The number of hydrogen-bond acceptors (Lipinski definition) is 4. The molecule has 0 bridgehead atoms. The summed E-state index contributed by atoms with van der Waals surface area (Å²) in [6.07, 6.45) is 1.78. The van der Waals surface area contributed by atoms with Gasteiger partial charge < -0.3 is 4.57 Å². The van der Waals surface area contributed by atoms with Crippen molar-refractivity contribution >= 4 is 32.6 Å². The first-order chi connectivity index (χ1) is 10.6.